The summed E-state index contributed by atoms with van der Waals surface area (Å²) in [6, 6.07) is -1.05. The van der Waals surface area contributed by atoms with Crippen molar-refractivity contribution in [2.24, 2.45) is 0 Å². The molecular weight excluding hydrogens is 895 g/mol. The molecule has 8 atom stereocenters. The number of allylic oxidation sites excluding steroid dienone is 17. The van der Waals surface area contributed by atoms with E-state index in [2.05, 4.69) is 111 Å². The molecule has 11 nitrogen and oxygen atoms in total. The van der Waals surface area contributed by atoms with Gasteiger partial charge in [0.2, 0.25) is 5.91 Å². The van der Waals surface area contributed by atoms with Crippen LogP contribution in [0.3, 0.4) is 0 Å². The summed E-state index contributed by atoms with van der Waals surface area (Å²) >= 11 is 0. The van der Waals surface area contributed by atoms with Crippen LogP contribution in [0.25, 0.3) is 0 Å². The standard InChI is InChI=1S/C60H99NO10/c1-4-7-10-13-16-19-22-25-26-27-28-30-33-36-39-42-45-48-55(65)71-58-57(67)56(66)54(49-62)70-60(58)69-50-51(52(63)46-43-40-37-34-31-24-21-18-15-12-9-6-3)61-59(68)53(64)47-44-41-38-35-32-29-23-20-17-14-11-8-5-2/h7-8,10-11,16-17,19-20,25-26,28-30,32,36,39,43,46,51-54,56-58,60,62-64,66-67H,4-6,9,12-15,18,21-24,27,31,33-35,37-38,40-42,44-45,47-50H2,1-3H3,(H,61,68)/b10-7-,11-8+,19-16-,20-17+,26-25-,30-28-,32-29+,39-36-,46-43+. The van der Waals surface area contributed by atoms with Crippen molar-refractivity contribution in [3.63, 3.8) is 0 Å². The Kier molecular flexibility index (Phi) is 43.6. The van der Waals surface area contributed by atoms with E-state index in [-0.39, 0.29) is 19.4 Å². The van der Waals surface area contributed by atoms with Crippen molar-refractivity contribution in [2.45, 2.75) is 243 Å². The molecule has 6 N–H and O–H groups in total. The maximum absolute atomic E-state index is 13.3. The van der Waals surface area contributed by atoms with Gasteiger partial charge < -0.3 is 45.1 Å². The van der Waals surface area contributed by atoms with Crippen LogP contribution in [0.2, 0.25) is 0 Å². The lowest BCUT2D eigenvalue weighted by Crippen LogP contribution is -2.61. The predicted octanol–water partition coefficient (Wildman–Crippen LogP) is 12.2. The second kappa shape index (κ2) is 47.3. The van der Waals surface area contributed by atoms with Crippen LogP contribution in [0.1, 0.15) is 194 Å². The average molecular weight is 994 g/mol. The van der Waals surface area contributed by atoms with Crippen LogP contribution >= 0.6 is 0 Å². The van der Waals surface area contributed by atoms with E-state index in [1.54, 1.807) is 6.08 Å². The van der Waals surface area contributed by atoms with E-state index in [9.17, 15) is 35.1 Å². The Labute approximate surface area is 430 Å². The molecule has 1 fully saturated rings. The summed E-state index contributed by atoms with van der Waals surface area (Å²) in [6.07, 6.45) is 52.8. The fraction of sp³-hybridized carbons (Fsp3) is 0.667. The van der Waals surface area contributed by atoms with Crippen molar-refractivity contribution >= 4 is 11.9 Å². The monoisotopic (exact) mass is 994 g/mol. The van der Waals surface area contributed by atoms with Crippen molar-refractivity contribution in [3.8, 4) is 0 Å². The van der Waals surface area contributed by atoms with Crippen LogP contribution in [0.15, 0.2) is 109 Å². The minimum absolute atomic E-state index is 0.0363. The highest BCUT2D eigenvalue weighted by atomic mass is 16.7. The first-order valence-electron chi connectivity index (χ1n) is 27.7. The topological polar surface area (TPSA) is 175 Å². The summed E-state index contributed by atoms with van der Waals surface area (Å²) in [5, 5.41) is 56.7. The molecular formula is C60H99NO10. The zero-order chi connectivity index (χ0) is 51.8. The molecule has 1 rings (SSSR count). The van der Waals surface area contributed by atoms with Gasteiger partial charge in [-0.25, -0.2) is 0 Å². The number of hydrogen-bond donors (Lipinski definition) is 6. The number of esters is 1. The molecule has 11 heteroatoms. The lowest BCUT2D eigenvalue weighted by Gasteiger charge is -2.41. The summed E-state index contributed by atoms with van der Waals surface area (Å²) in [5.74, 6) is -1.29. The summed E-state index contributed by atoms with van der Waals surface area (Å²) in [4.78, 5) is 26.4. The maximum atomic E-state index is 13.3. The molecule has 71 heavy (non-hydrogen) atoms. The Bertz CT molecular complexity index is 1560. The van der Waals surface area contributed by atoms with Crippen LogP contribution in [0.5, 0.6) is 0 Å². The largest absolute Gasteiger partial charge is 0.454 e. The fourth-order valence-electron chi connectivity index (χ4n) is 7.82. The Morgan fingerprint density at radius 3 is 1.52 bits per heavy atom. The third-order valence-corrected chi connectivity index (χ3v) is 12.2. The first-order chi connectivity index (χ1) is 34.7. The van der Waals surface area contributed by atoms with Gasteiger partial charge in [-0.1, -0.05) is 201 Å². The molecule has 0 spiro atoms. The fourth-order valence-corrected chi connectivity index (χ4v) is 7.82. The quantitative estimate of drug-likeness (QED) is 0.0196. The number of hydrogen-bond acceptors (Lipinski definition) is 10. The lowest BCUT2D eigenvalue weighted by atomic mass is 9.99. The molecule has 1 amide bonds. The minimum atomic E-state index is -1.65. The Hall–Kier alpha value is -3.68. The highest BCUT2D eigenvalue weighted by molar-refractivity contribution is 5.80. The van der Waals surface area contributed by atoms with Crippen molar-refractivity contribution < 1.29 is 49.3 Å². The van der Waals surface area contributed by atoms with Crippen molar-refractivity contribution in [2.75, 3.05) is 13.2 Å². The first kappa shape index (κ1) is 65.3. The molecule has 1 saturated heterocycles. The van der Waals surface area contributed by atoms with E-state index in [1.807, 2.05) is 18.2 Å². The Morgan fingerprint density at radius 2 is 1.01 bits per heavy atom. The summed E-state index contributed by atoms with van der Waals surface area (Å²) in [7, 11) is 0. The van der Waals surface area contributed by atoms with E-state index in [1.165, 1.54) is 44.9 Å². The molecule has 0 aromatic carbocycles. The van der Waals surface area contributed by atoms with Crippen LogP contribution in [0.4, 0.5) is 0 Å². The number of aliphatic hydroxyl groups excluding tert-OH is 5. The highest BCUT2D eigenvalue weighted by Crippen LogP contribution is 2.26. The molecule has 0 bridgehead atoms. The zero-order valence-electron chi connectivity index (χ0n) is 44.3. The number of amides is 1. The lowest BCUT2D eigenvalue weighted by molar-refractivity contribution is -0.305. The van der Waals surface area contributed by atoms with Gasteiger partial charge in [0.25, 0.3) is 0 Å². The maximum Gasteiger partial charge on any atom is 0.306 e. The van der Waals surface area contributed by atoms with Gasteiger partial charge in [-0.3, -0.25) is 9.59 Å². The molecule has 0 radical (unpaired) electrons. The van der Waals surface area contributed by atoms with Gasteiger partial charge in [-0.05, 0) is 96.3 Å². The van der Waals surface area contributed by atoms with Crippen LogP contribution in [-0.2, 0) is 23.8 Å². The third-order valence-electron chi connectivity index (χ3n) is 12.2. The number of rotatable bonds is 44. The number of aliphatic hydroxyl groups is 5. The number of nitrogens with one attached hydrogen (secondary N) is 1. The van der Waals surface area contributed by atoms with Gasteiger partial charge in [0.1, 0.15) is 24.4 Å². The van der Waals surface area contributed by atoms with Gasteiger partial charge in [0.05, 0.1) is 25.4 Å². The summed E-state index contributed by atoms with van der Waals surface area (Å²) in [6.45, 7) is 5.47. The molecule has 1 aliphatic rings. The van der Waals surface area contributed by atoms with E-state index in [0.29, 0.717) is 19.3 Å². The Morgan fingerprint density at radius 1 is 0.563 bits per heavy atom. The van der Waals surface area contributed by atoms with Gasteiger partial charge in [0.15, 0.2) is 12.4 Å². The molecule has 1 aliphatic heterocycles. The van der Waals surface area contributed by atoms with E-state index in [0.717, 1.165) is 96.3 Å². The summed E-state index contributed by atoms with van der Waals surface area (Å²) < 4.78 is 17.5. The molecule has 8 unspecified atom stereocenters. The number of carbonyl (C=O) groups excluding carboxylic acids is 2. The number of unbranched alkanes of at least 4 members (excludes halogenated alkanes) is 14. The molecule has 404 valence electrons. The van der Waals surface area contributed by atoms with E-state index in [4.69, 9.17) is 14.2 Å². The predicted molar refractivity (Wildman–Crippen MR) is 291 cm³/mol. The third kappa shape index (κ3) is 36.0. The SMILES string of the molecule is CC/C=C\C/C=C\C/C=C\C/C=C\C/C=C\CCCC(=O)OC1C(OCC(NC(=O)C(O)CCCCC/C=C/C/C=C/C/C=C/CC)C(O)/C=C/CCCCCCCCCCCC)OC(CO)C(O)C1O. The average Bonchev–Trinajstić information content (AvgIpc) is 3.37. The van der Waals surface area contributed by atoms with E-state index < -0.39 is 67.4 Å². The van der Waals surface area contributed by atoms with Crippen molar-refractivity contribution in [1.82, 2.24) is 5.32 Å². The van der Waals surface area contributed by atoms with Gasteiger partial charge in [-0.15, -0.1) is 0 Å². The van der Waals surface area contributed by atoms with Gasteiger partial charge in [0, 0.05) is 6.42 Å². The molecule has 0 saturated carbocycles. The second-order valence-electron chi connectivity index (χ2n) is 18.5. The van der Waals surface area contributed by atoms with Crippen molar-refractivity contribution in [3.05, 3.63) is 109 Å². The van der Waals surface area contributed by atoms with Crippen LogP contribution in [0, 0.1) is 0 Å². The number of carbonyl (C=O) groups is 2. The van der Waals surface area contributed by atoms with E-state index >= 15 is 0 Å². The molecule has 1 heterocycles. The van der Waals surface area contributed by atoms with Gasteiger partial charge >= 0.3 is 5.97 Å². The normalized spacial score (nSPS) is 20.5. The van der Waals surface area contributed by atoms with Crippen LogP contribution < -0.4 is 5.32 Å². The Balaban J connectivity index is 2.81. The first-order valence-corrected chi connectivity index (χ1v) is 27.7. The molecule has 0 aromatic rings. The van der Waals surface area contributed by atoms with Crippen LogP contribution in [-0.4, -0.2) is 99.6 Å². The second-order valence-corrected chi connectivity index (χ2v) is 18.5. The number of ether oxygens (including phenoxy) is 3. The highest BCUT2D eigenvalue weighted by Gasteiger charge is 2.47. The summed E-state index contributed by atoms with van der Waals surface area (Å²) in [5.41, 5.74) is 0. The minimum Gasteiger partial charge on any atom is -0.454 e. The van der Waals surface area contributed by atoms with Gasteiger partial charge in [-0.2, -0.15) is 0 Å². The van der Waals surface area contributed by atoms with Crippen molar-refractivity contribution in [1.29, 1.82) is 0 Å². The molecule has 0 aliphatic carbocycles. The zero-order valence-corrected chi connectivity index (χ0v) is 44.3. The molecule has 0 aromatic heterocycles. The smallest absolute Gasteiger partial charge is 0.306 e.